The minimum absolute atomic E-state index is 0. The Labute approximate surface area is 45.5 Å². The van der Waals surface area contributed by atoms with Crippen molar-refractivity contribution in [2.75, 3.05) is 6.61 Å². The highest BCUT2D eigenvalue weighted by atomic mass is 16.2. The molecule has 0 unspecified atom stereocenters. The summed E-state index contributed by atoms with van der Waals surface area (Å²) in [6.45, 7) is 6.25. The molecule has 0 aliphatic heterocycles. The van der Waals surface area contributed by atoms with E-state index in [0.29, 0.717) is 6.61 Å². The fraction of sp³-hybridized carbons (Fsp3) is 1.00. The average Bonchev–Trinajstić information content (AvgIpc) is 1.72. The van der Waals surface area contributed by atoms with Gasteiger partial charge in [-0.2, -0.15) is 0 Å². The van der Waals surface area contributed by atoms with Gasteiger partial charge in [0.15, 0.2) is 0 Å². The van der Waals surface area contributed by atoms with E-state index in [0.717, 1.165) is 6.42 Å². The first kappa shape index (κ1) is 15.8. The Balaban J connectivity index is -0.0000000480. The van der Waals surface area contributed by atoms with Gasteiger partial charge in [0.1, 0.15) is 0 Å². The van der Waals surface area contributed by atoms with Crippen LogP contribution in [0.15, 0.2) is 0 Å². The Hall–Kier alpha value is -0.0800. The lowest BCUT2D eigenvalue weighted by Crippen LogP contribution is -1.69. The molecule has 0 aliphatic carbocycles. The zero-order valence-corrected chi connectivity index (χ0v) is 5.36. The van der Waals surface area contributed by atoms with E-state index >= 15 is 0 Å². The van der Waals surface area contributed by atoms with Crippen molar-refractivity contribution in [3.8, 4) is 0 Å². The minimum Gasteiger partial charge on any atom is -0.412 e. The fourth-order valence-electron chi connectivity index (χ4n) is 0. The minimum atomic E-state index is 0. The van der Waals surface area contributed by atoms with Gasteiger partial charge in [0, 0.05) is 6.61 Å². The highest BCUT2D eigenvalue weighted by Crippen LogP contribution is 1.61. The molecular weight excluding hydrogens is 92.1 g/mol. The average molecular weight is 108 g/mol. The molecule has 0 aliphatic rings. The summed E-state index contributed by atoms with van der Waals surface area (Å²) in [6.07, 6.45) is 0.875. The molecule has 0 aromatic heterocycles. The number of hydrogen-bond acceptors (Lipinski definition) is 1. The third-order valence-corrected chi connectivity index (χ3v) is 0.224. The van der Waals surface area contributed by atoms with Gasteiger partial charge in [0.25, 0.3) is 0 Å². The van der Waals surface area contributed by atoms with Gasteiger partial charge in [-0.3, -0.25) is 0 Å². The second kappa shape index (κ2) is 38.9. The summed E-state index contributed by atoms with van der Waals surface area (Å²) in [7, 11) is 0. The first-order valence-electron chi connectivity index (χ1n) is 2.52. The largest absolute Gasteiger partial charge is 0.412 e. The molecule has 0 rings (SSSR count). The van der Waals surface area contributed by atoms with Crippen LogP contribution in [-0.2, 0) is 0 Å². The second-order valence-electron chi connectivity index (χ2n) is 0.724. The van der Waals surface area contributed by atoms with E-state index < -0.39 is 0 Å². The van der Waals surface area contributed by atoms with Crippen LogP contribution >= 0.6 is 0 Å². The molecule has 0 saturated heterocycles. The van der Waals surface area contributed by atoms with E-state index in [9.17, 15) is 0 Å². The van der Waals surface area contributed by atoms with E-state index in [1.54, 1.807) is 0 Å². The monoisotopic (exact) mass is 108 g/mol. The van der Waals surface area contributed by atoms with Gasteiger partial charge < -0.3 is 10.6 Å². The maximum atomic E-state index is 7.88. The van der Waals surface area contributed by atoms with Crippen molar-refractivity contribution in [3.63, 3.8) is 0 Å². The summed E-state index contributed by atoms with van der Waals surface area (Å²) in [5.41, 5.74) is 0. The molecule has 0 atom stereocenters. The molecular formula is C5H16O2. The number of hydrogen-bond donors (Lipinski definition) is 1. The topological polar surface area (TPSA) is 51.7 Å². The molecule has 0 bridgehead atoms. The van der Waals surface area contributed by atoms with Crippen LogP contribution in [0.4, 0.5) is 0 Å². The van der Waals surface area contributed by atoms with Gasteiger partial charge in [0.05, 0.1) is 0 Å². The first-order valence-corrected chi connectivity index (χ1v) is 2.52. The van der Waals surface area contributed by atoms with Crippen LogP contribution < -0.4 is 0 Å². The molecule has 0 aromatic rings. The number of aliphatic hydroxyl groups excluding tert-OH is 1. The third kappa shape index (κ3) is 107. The molecule has 0 fully saturated rings. The highest BCUT2D eigenvalue weighted by molar-refractivity contribution is 4.10. The van der Waals surface area contributed by atoms with Crippen molar-refractivity contribution < 1.29 is 10.6 Å². The molecule has 2 nitrogen and oxygen atoms in total. The molecule has 0 spiro atoms. The molecule has 2 heteroatoms. The molecule has 48 valence electrons. The van der Waals surface area contributed by atoms with E-state index in [4.69, 9.17) is 5.11 Å². The van der Waals surface area contributed by atoms with E-state index in [1.807, 2.05) is 20.8 Å². The standard InChI is InChI=1S/C3H8O.C2H6.H2O/c1-2-3-4;1-2;/h4H,2-3H2,1H3;1-2H3;1H2. The van der Waals surface area contributed by atoms with E-state index in [2.05, 4.69) is 0 Å². The van der Waals surface area contributed by atoms with E-state index in [-0.39, 0.29) is 5.48 Å². The predicted octanol–water partition coefficient (Wildman–Crippen LogP) is 0.590. The lowest BCUT2D eigenvalue weighted by atomic mass is 10.5. The molecule has 3 N–H and O–H groups in total. The first-order chi connectivity index (χ1) is 2.91. The van der Waals surface area contributed by atoms with Crippen LogP contribution in [-0.4, -0.2) is 17.2 Å². The van der Waals surface area contributed by atoms with Gasteiger partial charge >= 0.3 is 0 Å². The smallest absolute Gasteiger partial charge is 0.0428 e. The lowest BCUT2D eigenvalue weighted by molar-refractivity contribution is 0.295. The van der Waals surface area contributed by atoms with Crippen LogP contribution in [0.2, 0.25) is 0 Å². The molecule has 7 heavy (non-hydrogen) atoms. The maximum absolute atomic E-state index is 7.88. The normalized spacial score (nSPS) is 5.14. The Kier molecular flexibility index (Phi) is 87.6. The summed E-state index contributed by atoms with van der Waals surface area (Å²) in [4.78, 5) is 0. The van der Waals surface area contributed by atoms with E-state index in [1.165, 1.54) is 0 Å². The molecule has 0 amide bonds. The molecule has 0 heterocycles. The Bertz CT molecular complexity index is 8.04. The zero-order valence-electron chi connectivity index (χ0n) is 5.36. The predicted molar refractivity (Wildman–Crippen MR) is 32.3 cm³/mol. The van der Waals surface area contributed by atoms with Gasteiger partial charge in [-0.1, -0.05) is 20.8 Å². The Morgan fingerprint density at radius 3 is 1.43 bits per heavy atom. The lowest BCUT2D eigenvalue weighted by Gasteiger charge is -1.69. The van der Waals surface area contributed by atoms with Crippen molar-refractivity contribution in [1.29, 1.82) is 0 Å². The summed E-state index contributed by atoms with van der Waals surface area (Å²) in [5.74, 6) is 0. The van der Waals surface area contributed by atoms with Crippen LogP contribution in [0, 0.1) is 0 Å². The fourth-order valence-corrected chi connectivity index (χ4v) is 0. The number of aliphatic hydroxyl groups is 1. The van der Waals surface area contributed by atoms with Crippen molar-refractivity contribution >= 4 is 0 Å². The quantitative estimate of drug-likeness (QED) is 0.525. The van der Waals surface area contributed by atoms with Gasteiger partial charge in [0.2, 0.25) is 0 Å². The van der Waals surface area contributed by atoms with Crippen LogP contribution in [0.5, 0.6) is 0 Å². The second-order valence-corrected chi connectivity index (χ2v) is 0.724. The molecule has 0 radical (unpaired) electrons. The molecule has 0 saturated carbocycles. The van der Waals surface area contributed by atoms with Gasteiger partial charge in [-0.05, 0) is 6.42 Å². The van der Waals surface area contributed by atoms with Crippen molar-refractivity contribution in [2.45, 2.75) is 27.2 Å². The van der Waals surface area contributed by atoms with Crippen molar-refractivity contribution in [2.24, 2.45) is 0 Å². The zero-order chi connectivity index (χ0) is 5.41. The maximum Gasteiger partial charge on any atom is 0.0428 e. The van der Waals surface area contributed by atoms with Crippen molar-refractivity contribution in [1.82, 2.24) is 0 Å². The SMILES string of the molecule is CC.CCCO.O. The molecule has 0 aromatic carbocycles. The summed E-state index contributed by atoms with van der Waals surface area (Å²) in [6, 6.07) is 0. The third-order valence-electron chi connectivity index (χ3n) is 0.224. The highest BCUT2D eigenvalue weighted by Gasteiger charge is 1.57. The summed E-state index contributed by atoms with van der Waals surface area (Å²) in [5, 5.41) is 7.88. The Morgan fingerprint density at radius 1 is 1.29 bits per heavy atom. The summed E-state index contributed by atoms with van der Waals surface area (Å²) < 4.78 is 0. The van der Waals surface area contributed by atoms with Crippen LogP contribution in [0.3, 0.4) is 0 Å². The van der Waals surface area contributed by atoms with Crippen LogP contribution in [0.1, 0.15) is 27.2 Å². The van der Waals surface area contributed by atoms with Gasteiger partial charge in [-0.25, -0.2) is 0 Å². The van der Waals surface area contributed by atoms with Crippen molar-refractivity contribution in [3.05, 3.63) is 0 Å². The van der Waals surface area contributed by atoms with Crippen LogP contribution in [0.25, 0.3) is 0 Å². The van der Waals surface area contributed by atoms with Gasteiger partial charge in [-0.15, -0.1) is 0 Å². The Morgan fingerprint density at radius 2 is 1.43 bits per heavy atom. The summed E-state index contributed by atoms with van der Waals surface area (Å²) >= 11 is 0. The number of rotatable bonds is 1.